The van der Waals surface area contributed by atoms with Crippen molar-refractivity contribution in [2.75, 3.05) is 5.32 Å². The number of hydrogen-bond acceptors (Lipinski definition) is 4. The van der Waals surface area contributed by atoms with Gasteiger partial charge in [-0.25, -0.2) is 4.98 Å². The first-order valence-corrected chi connectivity index (χ1v) is 8.60. The first-order chi connectivity index (χ1) is 11.6. The third-order valence-corrected chi connectivity index (χ3v) is 4.57. The van der Waals surface area contributed by atoms with Crippen molar-refractivity contribution >= 4 is 28.1 Å². The van der Waals surface area contributed by atoms with E-state index < -0.39 is 0 Å². The third-order valence-electron chi connectivity index (χ3n) is 3.68. The fraction of sp³-hybridized carbons (Fsp3) is 0.158. The third kappa shape index (κ3) is 3.81. The van der Waals surface area contributed by atoms with E-state index in [-0.39, 0.29) is 11.9 Å². The Morgan fingerprint density at radius 1 is 1.04 bits per heavy atom. The number of carbonyl (C=O) groups excluding carboxylic acids is 1. The monoisotopic (exact) mass is 337 g/mol. The highest BCUT2D eigenvalue weighted by molar-refractivity contribution is 7.15. The van der Waals surface area contributed by atoms with Gasteiger partial charge in [0.15, 0.2) is 5.13 Å². The van der Waals surface area contributed by atoms with Gasteiger partial charge in [0.25, 0.3) is 5.91 Å². The second-order valence-electron chi connectivity index (χ2n) is 5.52. The number of nitrogens with zero attached hydrogens (tertiary/aromatic N) is 1. The molecule has 0 aliphatic heterocycles. The molecule has 24 heavy (non-hydrogen) atoms. The van der Waals surface area contributed by atoms with Crippen LogP contribution in [0.3, 0.4) is 0 Å². The number of rotatable bonds is 5. The molecule has 0 fully saturated rings. The van der Waals surface area contributed by atoms with Crippen LogP contribution in [0.4, 0.5) is 10.8 Å². The number of benzene rings is 2. The Morgan fingerprint density at radius 2 is 1.67 bits per heavy atom. The van der Waals surface area contributed by atoms with Crippen molar-refractivity contribution in [2.24, 2.45) is 0 Å². The number of aryl methyl sites for hydroxylation is 1. The van der Waals surface area contributed by atoms with E-state index in [1.807, 2.05) is 74.5 Å². The van der Waals surface area contributed by atoms with Crippen molar-refractivity contribution in [2.45, 2.75) is 19.9 Å². The van der Waals surface area contributed by atoms with E-state index in [9.17, 15) is 4.79 Å². The summed E-state index contributed by atoms with van der Waals surface area (Å²) in [5, 5.41) is 6.96. The maximum atomic E-state index is 12.5. The maximum absolute atomic E-state index is 12.5. The second-order valence-corrected chi connectivity index (χ2v) is 6.72. The van der Waals surface area contributed by atoms with Crippen molar-refractivity contribution in [3.63, 3.8) is 0 Å². The van der Waals surface area contributed by atoms with Crippen LogP contribution in [0.25, 0.3) is 0 Å². The van der Waals surface area contributed by atoms with Gasteiger partial charge in [-0.1, -0.05) is 48.5 Å². The molecular formula is C19H19N3OS. The van der Waals surface area contributed by atoms with Crippen LogP contribution in [0.1, 0.15) is 33.9 Å². The number of amides is 1. The number of anilines is 2. The van der Waals surface area contributed by atoms with Crippen molar-refractivity contribution in [3.05, 3.63) is 76.8 Å². The molecule has 4 nitrogen and oxygen atoms in total. The van der Waals surface area contributed by atoms with Crippen LogP contribution in [-0.2, 0) is 0 Å². The number of para-hydroxylation sites is 1. The van der Waals surface area contributed by atoms with E-state index in [0.29, 0.717) is 5.69 Å². The van der Waals surface area contributed by atoms with Crippen LogP contribution in [0.5, 0.6) is 0 Å². The molecular weight excluding hydrogens is 318 g/mol. The van der Waals surface area contributed by atoms with Crippen LogP contribution < -0.4 is 10.6 Å². The molecule has 2 aromatic carbocycles. The molecule has 1 aromatic heterocycles. The Hall–Kier alpha value is -2.66. The first-order valence-electron chi connectivity index (χ1n) is 7.79. The number of carbonyl (C=O) groups is 1. The molecule has 3 rings (SSSR count). The van der Waals surface area contributed by atoms with Crippen LogP contribution >= 0.6 is 11.3 Å². The molecule has 0 radical (unpaired) electrons. The molecule has 122 valence electrons. The predicted octanol–water partition coefficient (Wildman–Crippen LogP) is 4.69. The molecule has 1 heterocycles. The van der Waals surface area contributed by atoms with E-state index >= 15 is 0 Å². The number of nitrogens with one attached hydrogen (secondary N) is 2. The molecule has 1 amide bonds. The van der Waals surface area contributed by atoms with Gasteiger partial charge in [0.2, 0.25) is 0 Å². The fourth-order valence-corrected chi connectivity index (χ4v) is 3.23. The Kier molecular flexibility index (Phi) is 4.91. The highest BCUT2D eigenvalue weighted by Crippen LogP contribution is 2.25. The summed E-state index contributed by atoms with van der Waals surface area (Å²) in [6.45, 7) is 3.88. The zero-order chi connectivity index (χ0) is 16.9. The molecule has 0 aliphatic rings. The highest BCUT2D eigenvalue weighted by Gasteiger charge is 2.18. The Balaban J connectivity index is 1.71. The topological polar surface area (TPSA) is 54.0 Å². The minimum atomic E-state index is -0.152. The summed E-state index contributed by atoms with van der Waals surface area (Å²) in [7, 11) is 0. The van der Waals surface area contributed by atoms with Crippen molar-refractivity contribution < 1.29 is 4.79 Å². The summed E-state index contributed by atoms with van der Waals surface area (Å²) in [5.41, 5.74) is 2.50. The van der Waals surface area contributed by atoms with Crippen LogP contribution in [0.15, 0.2) is 60.7 Å². The average Bonchev–Trinajstić information content (AvgIpc) is 2.97. The van der Waals surface area contributed by atoms with E-state index in [2.05, 4.69) is 15.6 Å². The van der Waals surface area contributed by atoms with Crippen molar-refractivity contribution in [3.8, 4) is 0 Å². The van der Waals surface area contributed by atoms with E-state index in [0.717, 1.165) is 21.3 Å². The summed E-state index contributed by atoms with van der Waals surface area (Å²) < 4.78 is 0. The summed E-state index contributed by atoms with van der Waals surface area (Å²) in [6.07, 6.45) is 0. The second kappa shape index (κ2) is 7.27. The fourth-order valence-electron chi connectivity index (χ4n) is 2.40. The highest BCUT2D eigenvalue weighted by atomic mass is 32.1. The van der Waals surface area contributed by atoms with Crippen LogP contribution in [0, 0.1) is 6.92 Å². The minimum absolute atomic E-state index is 0.0645. The Bertz CT molecular complexity index is 815. The molecule has 5 heteroatoms. The summed E-state index contributed by atoms with van der Waals surface area (Å²) >= 11 is 1.48. The average molecular weight is 337 g/mol. The molecule has 2 N–H and O–H groups in total. The summed E-state index contributed by atoms with van der Waals surface area (Å²) in [4.78, 5) is 17.9. The molecule has 0 saturated carbocycles. The molecule has 0 saturated heterocycles. The lowest BCUT2D eigenvalue weighted by Gasteiger charge is -2.13. The predicted molar refractivity (Wildman–Crippen MR) is 98.9 cm³/mol. The summed E-state index contributed by atoms with van der Waals surface area (Å²) in [5.74, 6) is -0.152. The Labute approximate surface area is 145 Å². The van der Waals surface area contributed by atoms with E-state index in [1.54, 1.807) is 0 Å². The van der Waals surface area contributed by atoms with Gasteiger partial charge in [0.05, 0.1) is 6.04 Å². The van der Waals surface area contributed by atoms with Gasteiger partial charge in [0, 0.05) is 10.6 Å². The quantitative estimate of drug-likeness (QED) is 0.710. The molecule has 0 aliphatic carbocycles. The smallest absolute Gasteiger partial charge is 0.271 e. The zero-order valence-electron chi connectivity index (χ0n) is 13.6. The van der Waals surface area contributed by atoms with Gasteiger partial charge in [0.1, 0.15) is 5.69 Å². The minimum Gasteiger partial charge on any atom is -0.344 e. The zero-order valence-corrected chi connectivity index (χ0v) is 14.4. The van der Waals surface area contributed by atoms with Gasteiger partial charge in [-0.3, -0.25) is 4.79 Å². The largest absolute Gasteiger partial charge is 0.344 e. The Morgan fingerprint density at radius 3 is 2.33 bits per heavy atom. The van der Waals surface area contributed by atoms with Gasteiger partial charge in [-0.2, -0.15) is 0 Å². The number of aromatic nitrogens is 1. The summed E-state index contributed by atoms with van der Waals surface area (Å²) in [6, 6.07) is 19.6. The van der Waals surface area contributed by atoms with Gasteiger partial charge >= 0.3 is 0 Å². The lowest BCUT2D eigenvalue weighted by Crippen LogP contribution is -2.27. The van der Waals surface area contributed by atoms with E-state index in [1.165, 1.54) is 11.3 Å². The van der Waals surface area contributed by atoms with Gasteiger partial charge in [-0.15, -0.1) is 11.3 Å². The molecule has 1 unspecified atom stereocenters. The van der Waals surface area contributed by atoms with Gasteiger partial charge < -0.3 is 10.6 Å². The van der Waals surface area contributed by atoms with Crippen LogP contribution in [0.2, 0.25) is 0 Å². The molecule has 1 atom stereocenters. The molecule has 0 bridgehead atoms. The SMILES string of the molecule is Cc1sc(Nc2ccccc2)nc1C(=O)NC(C)c1ccccc1. The lowest BCUT2D eigenvalue weighted by atomic mass is 10.1. The molecule has 3 aromatic rings. The lowest BCUT2D eigenvalue weighted by molar-refractivity contribution is 0.0935. The normalized spacial score (nSPS) is 11.8. The van der Waals surface area contributed by atoms with Crippen LogP contribution in [-0.4, -0.2) is 10.9 Å². The van der Waals surface area contributed by atoms with Crippen molar-refractivity contribution in [1.82, 2.24) is 10.3 Å². The van der Waals surface area contributed by atoms with E-state index in [4.69, 9.17) is 0 Å². The first kappa shape index (κ1) is 16.2. The standard InChI is InChI=1S/C19H19N3OS/c1-13(15-9-5-3-6-10-15)20-18(23)17-14(2)24-19(22-17)21-16-11-7-4-8-12-16/h3-13H,1-2H3,(H,20,23)(H,21,22). The number of thiazole rings is 1. The van der Waals surface area contributed by atoms with Crippen molar-refractivity contribution in [1.29, 1.82) is 0 Å². The maximum Gasteiger partial charge on any atom is 0.271 e. The molecule has 0 spiro atoms. The number of hydrogen-bond donors (Lipinski definition) is 2. The van der Waals surface area contributed by atoms with Gasteiger partial charge in [-0.05, 0) is 31.5 Å².